The highest BCUT2D eigenvalue weighted by Crippen LogP contribution is 2.53. The molecule has 5 heteroatoms. The predicted octanol–water partition coefficient (Wildman–Crippen LogP) is 3.35. The molecule has 0 radical (unpaired) electrons. The summed E-state index contributed by atoms with van der Waals surface area (Å²) in [6.07, 6.45) is 1.79. The van der Waals surface area contributed by atoms with Crippen LogP contribution in [0.4, 0.5) is 0 Å². The highest BCUT2D eigenvalue weighted by molar-refractivity contribution is 5.92. The van der Waals surface area contributed by atoms with Crippen LogP contribution in [0.15, 0.2) is 54.6 Å². The summed E-state index contributed by atoms with van der Waals surface area (Å²) < 4.78 is 5.53. The van der Waals surface area contributed by atoms with E-state index in [-0.39, 0.29) is 18.3 Å². The number of benzene rings is 2. The van der Waals surface area contributed by atoms with Crippen molar-refractivity contribution >= 4 is 18.3 Å². The fourth-order valence-electron chi connectivity index (χ4n) is 4.42. The standard InChI is InChI=1S/C22H26N2O2.ClH/c1-26-20-10-6-5-9-19(20)22(11-12-22)21(25)24-14-17(13-23)18(15-24)16-7-3-2-4-8-16;/h2-10,17-18H,11-15,23H2,1H3;1H/t17-,18+;/m1./s1. The largest absolute Gasteiger partial charge is 0.496 e. The van der Waals surface area contributed by atoms with Gasteiger partial charge in [0, 0.05) is 24.6 Å². The van der Waals surface area contributed by atoms with E-state index < -0.39 is 5.41 Å². The Balaban J connectivity index is 0.00000210. The van der Waals surface area contributed by atoms with E-state index in [2.05, 4.69) is 24.3 Å². The van der Waals surface area contributed by atoms with E-state index in [1.165, 1.54) is 5.56 Å². The minimum absolute atomic E-state index is 0. The average molecular weight is 387 g/mol. The molecule has 0 bridgehead atoms. The number of nitrogens with two attached hydrogens (primary N) is 1. The number of halogens is 1. The van der Waals surface area contributed by atoms with Crippen LogP contribution in [0.3, 0.4) is 0 Å². The lowest BCUT2D eigenvalue weighted by Gasteiger charge is -2.25. The molecule has 0 spiro atoms. The number of hydrogen-bond acceptors (Lipinski definition) is 3. The summed E-state index contributed by atoms with van der Waals surface area (Å²) in [6.45, 7) is 2.10. The van der Waals surface area contributed by atoms with E-state index in [4.69, 9.17) is 10.5 Å². The van der Waals surface area contributed by atoms with Crippen LogP contribution >= 0.6 is 12.4 Å². The Labute approximate surface area is 167 Å². The first kappa shape index (κ1) is 19.7. The first-order valence-electron chi connectivity index (χ1n) is 9.37. The molecule has 1 saturated carbocycles. The molecule has 2 aromatic carbocycles. The minimum atomic E-state index is -0.405. The number of para-hydroxylation sites is 1. The molecule has 1 heterocycles. The maximum atomic E-state index is 13.5. The van der Waals surface area contributed by atoms with E-state index in [1.54, 1.807) is 7.11 Å². The zero-order valence-corrected chi connectivity index (χ0v) is 16.5. The van der Waals surface area contributed by atoms with Gasteiger partial charge in [-0.15, -0.1) is 12.4 Å². The van der Waals surface area contributed by atoms with Crippen LogP contribution in [-0.4, -0.2) is 37.6 Å². The van der Waals surface area contributed by atoms with E-state index in [1.807, 2.05) is 35.2 Å². The molecule has 144 valence electrons. The van der Waals surface area contributed by atoms with Crippen LogP contribution in [0.25, 0.3) is 0 Å². The molecule has 4 rings (SSSR count). The number of carbonyl (C=O) groups excluding carboxylic acids is 1. The summed E-state index contributed by atoms with van der Waals surface area (Å²) >= 11 is 0. The number of rotatable bonds is 5. The van der Waals surface area contributed by atoms with Gasteiger partial charge >= 0.3 is 0 Å². The number of likely N-dealkylation sites (tertiary alicyclic amines) is 1. The van der Waals surface area contributed by atoms with Gasteiger partial charge in [0.1, 0.15) is 5.75 Å². The number of methoxy groups -OCH3 is 1. The second-order valence-electron chi connectivity index (χ2n) is 7.51. The SMILES string of the molecule is COc1ccccc1C1(C(=O)N2C[C@@H](CN)[C@H](c3ccccc3)C2)CC1.Cl. The van der Waals surface area contributed by atoms with E-state index >= 15 is 0 Å². The van der Waals surface area contributed by atoms with Crippen LogP contribution < -0.4 is 10.5 Å². The zero-order chi connectivity index (χ0) is 18.1. The molecule has 1 aliphatic carbocycles. The lowest BCUT2D eigenvalue weighted by atomic mass is 9.89. The Morgan fingerprint density at radius 2 is 1.78 bits per heavy atom. The molecule has 2 aromatic rings. The summed E-state index contributed by atoms with van der Waals surface area (Å²) in [5, 5.41) is 0. The molecule has 2 atom stereocenters. The van der Waals surface area contributed by atoms with Crippen molar-refractivity contribution in [3.8, 4) is 5.75 Å². The van der Waals surface area contributed by atoms with Crippen molar-refractivity contribution < 1.29 is 9.53 Å². The lowest BCUT2D eigenvalue weighted by molar-refractivity contribution is -0.133. The van der Waals surface area contributed by atoms with Crippen LogP contribution in [0.5, 0.6) is 5.75 Å². The van der Waals surface area contributed by atoms with Crippen molar-refractivity contribution in [2.45, 2.75) is 24.2 Å². The van der Waals surface area contributed by atoms with Gasteiger partial charge in [-0.1, -0.05) is 48.5 Å². The van der Waals surface area contributed by atoms with Gasteiger partial charge in [0.2, 0.25) is 5.91 Å². The number of amides is 1. The fraction of sp³-hybridized carbons (Fsp3) is 0.409. The van der Waals surface area contributed by atoms with Crippen LogP contribution in [0.2, 0.25) is 0 Å². The van der Waals surface area contributed by atoms with Gasteiger partial charge in [0.25, 0.3) is 0 Å². The van der Waals surface area contributed by atoms with Crippen LogP contribution in [0, 0.1) is 5.92 Å². The second-order valence-corrected chi connectivity index (χ2v) is 7.51. The summed E-state index contributed by atoms with van der Waals surface area (Å²) in [4.78, 5) is 15.5. The number of nitrogens with zero attached hydrogens (tertiary/aromatic N) is 1. The van der Waals surface area contributed by atoms with Crippen LogP contribution in [-0.2, 0) is 10.2 Å². The van der Waals surface area contributed by atoms with Crippen molar-refractivity contribution in [2.24, 2.45) is 11.7 Å². The minimum Gasteiger partial charge on any atom is -0.496 e. The van der Waals surface area contributed by atoms with Crippen molar-refractivity contribution in [3.63, 3.8) is 0 Å². The highest BCUT2D eigenvalue weighted by Gasteiger charge is 2.55. The van der Waals surface area contributed by atoms with Crippen molar-refractivity contribution in [3.05, 3.63) is 65.7 Å². The number of hydrogen-bond donors (Lipinski definition) is 1. The molecule has 4 nitrogen and oxygen atoms in total. The van der Waals surface area contributed by atoms with Crippen molar-refractivity contribution in [2.75, 3.05) is 26.7 Å². The monoisotopic (exact) mass is 386 g/mol. The third-order valence-electron chi connectivity index (χ3n) is 6.04. The molecular formula is C22H27ClN2O2. The molecule has 1 amide bonds. The molecule has 2 N–H and O–H groups in total. The molecule has 0 unspecified atom stereocenters. The third kappa shape index (κ3) is 3.44. The molecule has 2 fully saturated rings. The topological polar surface area (TPSA) is 55.6 Å². The van der Waals surface area contributed by atoms with E-state index in [0.717, 1.165) is 37.2 Å². The van der Waals surface area contributed by atoms with Gasteiger partial charge in [-0.05, 0) is 36.9 Å². The average Bonchev–Trinajstić information content (AvgIpc) is 3.40. The summed E-state index contributed by atoms with van der Waals surface area (Å²) in [6, 6.07) is 18.4. The van der Waals surface area contributed by atoms with Gasteiger partial charge < -0.3 is 15.4 Å². The Bertz CT molecular complexity index is 792. The fourth-order valence-corrected chi connectivity index (χ4v) is 4.42. The Morgan fingerprint density at radius 3 is 2.41 bits per heavy atom. The predicted molar refractivity (Wildman–Crippen MR) is 109 cm³/mol. The molecule has 1 saturated heterocycles. The Kier molecular flexibility index (Phi) is 5.78. The highest BCUT2D eigenvalue weighted by atomic mass is 35.5. The van der Waals surface area contributed by atoms with Gasteiger partial charge in [-0.2, -0.15) is 0 Å². The smallest absolute Gasteiger partial charge is 0.233 e. The van der Waals surface area contributed by atoms with E-state index in [9.17, 15) is 4.79 Å². The summed E-state index contributed by atoms with van der Waals surface area (Å²) in [5.41, 5.74) is 7.95. The molecular weight excluding hydrogens is 360 g/mol. The lowest BCUT2D eigenvalue weighted by Crippen LogP contribution is -2.38. The van der Waals surface area contributed by atoms with Crippen molar-refractivity contribution in [1.82, 2.24) is 4.90 Å². The zero-order valence-electron chi connectivity index (χ0n) is 15.6. The molecule has 2 aliphatic rings. The normalized spacial score (nSPS) is 22.8. The maximum absolute atomic E-state index is 13.5. The quantitative estimate of drug-likeness (QED) is 0.857. The molecule has 1 aliphatic heterocycles. The summed E-state index contributed by atoms with van der Waals surface area (Å²) in [7, 11) is 1.67. The van der Waals surface area contributed by atoms with Crippen LogP contribution in [0.1, 0.15) is 29.9 Å². The Hall–Kier alpha value is -2.04. The number of carbonyl (C=O) groups is 1. The maximum Gasteiger partial charge on any atom is 0.233 e. The number of ether oxygens (including phenoxy) is 1. The van der Waals surface area contributed by atoms with Gasteiger partial charge in [0.05, 0.1) is 12.5 Å². The third-order valence-corrected chi connectivity index (χ3v) is 6.04. The van der Waals surface area contributed by atoms with Gasteiger partial charge in [-0.3, -0.25) is 4.79 Å². The van der Waals surface area contributed by atoms with Gasteiger partial charge in [0.15, 0.2) is 0 Å². The first-order valence-corrected chi connectivity index (χ1v) is 9.37. The molecule has 27 heavy (non-hydrogen) atoms. The second kappa shape index (κ2) is 7.91. The first-order chi connectivity index (χ1) is 12.7. The van der Waals surface area contributed by atoms with Gasteiger partial charge in [-0.25, -0.2) is 0 Å². The molecule has 0 aromatic heterocycles. The van der Waals surface area contributed by atoms with E-state index in [0.29, 0.717) is 18.4 Å². The van der Waals surface area contributed by atoms with Crippen molar-refractivity contribution in [1.29, 1.82) is 0 Å². The summed E-state index contributed by atoms with van der Waals surface area (Å²) in [5.74, 6) is 1.68. The Morgan fingerprint density at radius 1 is 1.11 bits per heavy atom.